The minimum absolute atomic E-state index is 0.728. The molecule has 0 fully saturated rings. The molecule has 0 aromatic heterocycles. The van der Waals surface area contributed by atoms with E-state index in [0.717, 1.165) is 31.3 Å². The molecule has 1 aliphatic rings. The van der Waals surface area contributed by atoms with Crippen LogP contribution in [0.1, 0.15) is 34.1 Å². The smallest absolute Gasteiger partial charge is 0.0993 e. The van der Waals surface area contributed by atoms with Crippen LogP contribution in [0.3, 0.4) is 0 Å². The molecule has 0 N–H and O–H groups in total. The number of hydrogen-bond donors (Lipinski definition) is 0. The van der Waals surface area contributed by atoms with E-state index in [4.69, 9.17) is 0 Å². The van der Waals surface area contributed by atoms with Gasteiger partial charge in [-0.15, -0.1) is 0 Å². The zero-order valence-electron chi connectivity index (χ0n) is 9.38. The van der Waals surface area contributed by atoms with Gasteiger partial charge in [0.25, 0.3) is 0 Å². The predicted molar refractivity (Wildman–Crippen MR) is 58.2 cm³/mol. The monoisotopic (exact) mass is 182 g/mol. The van der Waals surface area contributed by atoms with Gasteiger partial charge in [-0.2, -0.15) is 0 Å². The number of hydrogen-bond acceptors (Lipinski definition) is 2. The van der Waals surface area contributed by atoms with Crippen LogP contribution in [0.2, 0.25) is 0 Å². The average Bonchev–Trinajstić information content (AvgIpc) is 2.34. The second kappa shape index (κ2) is 4.64. The molecule has 1 aliphatic heterocycles. The summed E-state index contributed by atoms with van der Waals surface area (Å²) >= 11 is 0. The highest BCUT2D eigenvalue weighted by Gasteiger charge is 2.17. The molecule has 13 heavy (non-hydrogen) atoms. The third kappa shape index (κ3) is 3.37. The molecule has 1 heterocycles. The molecule has 0 bridgehead atoms. The summed E-state index contributed by atoms with van der Waals surface area (Å²) in [4.78, 5) is 7.00. The Morgan fingerprint density at radius 3 is 2.46 bits per heavy atom. The molecule has 0 aromatic rings. The molecule has 0 saturated heterocycles. The molecule has 0 aromatic carbocycles. The molecule has 0 amide bonds. The molecule has 0 saturated carbocycles. The van der Waals surface area contributed by atoms with Crippen LogP contribution in [0, 0.1) is 11.8 Å². The van der Waals surface area contributed by atoms with Crippen molar-refractivity contribution in [3.05, 3.63) is 0 Å². The standard InChI is InChI=1S/C11H22N2/c1-9(2)7-11-12-5-6-13(11)8-10(3)4/h9-10H,5-8H2,1-4H3. The van der Waals surface area contributed by atoms with E-state index < -0.39 is 0 Å². The summed E-state index contributed by atoms with van der Waals surface area (Å²) in [5.74, 6) is 2.81. The Balaban J connectivity index is 2.43. The molecule has 0 unspecified atom stereocenters. The van der Waals surface area contributed by atoms with Gasteiger partial charge in [-0.25, -0.2) is 0 Å². The highest BCUT2D eigenvalue weighted by atomic mass is 15.2. The summed E-state index contributed by atoms with van der Waals surface area (Å²) in [6.07, 6.45) is 1.15. The fourth-order valence-electron chi connectivity index (χ4n) is 1.73. The van der Waals surface area contributed by atoms with Gasteiger partial charge >= 0.3 is 0 Å². The first-order valence-corrected chi connectivity index (χ1v) is 5.38. The van der Waals surface area contributed by atoms with E-state index in [2.05, 4.69) is 37.6 Å². The third-order valence-corrected chi connectivity index (χ3v) is 2.21. The molecule has 2 heteroatoms. The maximum Gasteiger partial charge on any atom is 0.0993 e. The maximum atomic E-state index is 4.55. The van der Waals surface area contributed by atoms with Crippen molar-refractivity contribution in [2.45, 2.75) is 34.1 Å². The van der Waals surface area contributed by atoms with Gasteiger partial charge in [0, 0.05) is 19.5 Å². The van der Waals surface area contributed by atoms with E-state index in [0.29, 0.717) is 0 Å². The van der Waals surface area contributed by atoms with E-state index in [-0.39, 0.29) is 0 Å². The fourth-order valence-corrected chi connectivity index (χ4v) is 1.73. The largest absolute Gasteiger partial charge is 0.358 e. The van der Waals surface area contributed by atoms with E-state index in [1.54, 1.807) is 0 Å². The first-order valence-electron chi connectivity index (χ1n) is 5.38. The summed E-state index contributed by atoms with van der Waals surface area (Å²) < 4.78 is 0. The molecule has 0 atom stereocenters. The van der Waals surface area contributed by atoms with Crippen LogP contribution in [-0.2, 0) is 0 Å². The van der Waals surface area contributed by atoms with Crippen molar-refractivity contribution in [1.82, 2.24) is 4.90 Å². The number of amidine groups is 1. The molecule has 0 aliphatic carbocycles. The third-order valence-electron chi connectivity index (χ3n) is 2.21. The van der Waals surface area contributed by atoms with Gasteiger partial charge in [0.15, 0.2) is 0 Å². The zero-order chi connectivity index (χ0) is 9.84. The zero-order valence-corrected chi connectivity index (χ0v) is 9.38. The number of rotatable bonds is 4. The Labute approximate surface area is 82.0 Å². The van der Waals surface area contributed by atoms with Gasteiger partial charge < -0.3 is 4.90 Å². The highest BCUT2D eigenvalue weighted by molar-refractivity contribution is 5.83. The minimum Gasteiger partial charge on any atom is -0.358 e. The van der Waals surface area contributed by atoms with E-state index in [1.807, 2.05) is 0 Å². The lowest BCUT2D eigenvalue weighted by Gasteiger charge is -2.23. The Bertz CT molecular complexity index is 183. The second-order valence-electron chi connectivity index (χ2n) is 4.74. The molecule has 76 valence electrons. The SMILES string of the molecule is CC(C)CC1=NCCN1CC(C)C. The first-order chi connectivity index (χ1) is 6.09. The second-order valence-corrected chi connectivity index (χ2v) is 4.74. The van der Waals surface area contributed by atoms with Crippen molar-refractivity contribution in [2.75, 3.05) is 19.6 Å². The van der Waals surface area contributed by atoms with Crippen LogP contribution in [0.15, 0.2) is 4.99 Å². The van der Waals surface area contributed by atoms with Gasteiger partial charge in [-0.05, 0) is 11.8 Å². The van der Waals surface area contributed by atoms with Crippen LogP contribution in [0.5, 0.6) is 0 Å². The molecular formula is C11H22N2. The normalized spacial score (nSPS) is 17.4. The minimum atomic E-state index is 0.728. The lowest BCUT2D eigenvalue weighted by Crippen LogP contribution is -2.32. The predicted octanol–water partition coefficient (Wildman–Crippen LogP) is 2.40. The number of nitrogens with zero attached hydrogens (tertiary/aromatic N) is 2. The summed E-state index contributed by atoms with van der Waals surface area (Å²) in [5, 5.41) is 0. The van der Waals surface area contributed by atoms with Crippen molar-refractivity contribution in [1.29, 1.82) is 0 Å². The van der Waals surface area contributed by atoms with Crippen LogP contribution < -0.4 is 0 Å². The number of aliphatic imine (C=N–C) groups is 1. The molecular weight excluding hydrogens is 160 g/mol. The van der Waals surface area contributed by atoms with Crippen molar-refractivity contribution in [3.8, 4) is 0 Å². The highest BCUT2D eigenvalue weighted by Crippen LogP contribution is 2.12. The lowest BCUT2D eigenvalue weighted by atomic mass is 10.1. The van der Waals surface area contributed by atoms with Crippen LogP contribution in [-0.4, -0.2) is 30.4 Å². The molecule has 0 spiro atoms. The van der Waals surface area contributed by atoms with E-state index >= 15 is 0 Å². The van der Waals surface area contributed by atoms with Crippen molar-refractivity contribution >= 4 is 5.84 Å². The van der Waals surface area contributed by atoms with Crippen LogP contribution >= 0.6 is 0 Å². The van der Waals surface area contributed by atoms with Gasteiger partial charge in [-0.3, -0.25) is 4.99 Å². The summed E-state index contributed by atoms with van der Waals surface area (Å²) in [6, 6.07) is 0. The maximum absolute atomic E-state index is 4.55. The van der Waals surface area contributed by atoms with Gasteiger partial charge in [0.2, 0.25) is 0 Å². The Morgan fingerprint density at radius 2 is 1.92 bits per heavy atom. The van der Waals surface area contributed by atoms with E-state index in [1.165, 1.54) is 12.4 Å². The quantitative estimate of drug-likeness (QED) is 0.652. The van der Waals surface area contributed by atoms with Crippen molar-refractivity contribution < 1.29 is 0 Å². The molecule has 1 rings (SSSR count). The topological polar surface area (TPSA) is 15.6 Å². The lowest BCUT2D eigenvalue weighted by molar-refractivity contribution is 0.383. The molecule has 2 nitrogen and oxygen atoms in total. The van der Waals surface area contributed by atoms with Gasteiger partial charge in [0.1, 0.15) is 0 Å². The van der Waals surface area contributed by atoms with Gasteiger partial charge in [-0.1, -0.05) is 27.7 Å². The van der Waals surface area contributed by atoms with Crippen molar-refractivity contribution in [3.63, 3.8) is 0 Å². The molecule has 0 radical (unpaired) electrons. The van der Waals surface area contributed by atoms with E-state index in [9.17, 15) is 0 Å². The average molecular weight is 182 g/mol. The Morgan fingerprint density at radius 1 is 1.23 bits per heavy atom. The summed E-state index contributed by atoms with van der Waals surface area (Å²) in [7, 11) is 0. The van der Waals surface area contributed by atoms with Crippen molar-refractivity contribution in [2.24, 2.45) is 16.8 Å². The Hall–Kier alpha value is -0.530. The summed E-state index contributed by atoms with van der Waals surface area (Å²) in [6.45, 7) is 12.4. The Kier molecular flexibility index (Phi) is 3.76. The van der Waals surface area contributed by atoms with Crippen LogP contribution in [0.25, 0.3) is 0 Å². The van der Waals surface area contributed by atoms with Gasteiger partial charge in [0.05, 0.1) is 12.4 Å². The summed E-state index contributed by atoms with van der Waals surface area (Å²) in [5.41, 5.74) is 0. The van der Waals surface area contributed by atoms with Crippen LogP contribution in [0.4, 0.5) is 0 Å². The fraction of sp³-hybridized carbons (Fsp3) is 0.909. The first kappa shape index (κ1) is 10.6.